The number of carbonyl (C=O) groups excluding carboxylic acids is 1. The normalized spacial score (nSPS) is 21.0. The summed E-state index contributed by atoms with van der Waals surface area (Å²) >= 11 is 0. The molecular formula is C17H27ClN2O2. The van der Waals surface area contributed by atoms with Crippen LogP contribution in [0.25, 0.3) is 0 Å². The molecule has 1 aromatic rings. The van der Waals surface area contributed by atoms with Gasteiger partial charge in [0, 0.05) is 19.7 Å². The molecule has 1 aliphatic carbocycles. The first-order chi connectivity index (χ1) is 10.3. The van der Waals surface area contributed by atoms with Crippen molar-refractivity contribution < 1.29 is 9.53 Å². The van der Waals surface area contributed by atoms with E-state index in [9.17, 15) is 4.79 Å². The molecule has 1 fully saturated rings. The Bertz CT molecular complexity index is 420. The molecule has 0 unspecified atom stereocenters. The number of carbonyl (C=O) groups is 1. The summed E-state index contributed by atoms with van der Waals surface area (Å²) in [6.45, 7) is 1.72. The average Bonchev–Trinajstić information content (AvgIpc) is 2.53. The van der Waals surface area contributed by atoms with Crippen molar-refractivity contribution in [1.82, 2.24) is 10.6 Å². The highest BCUT2D eigenvalue weighted by atomic mass is 35.5. The lowest BCUT2D eigenvalue weighted by atomic mass is 9.82. The fourth-order valence-electron chi connectivity index (χ4n) is 2.95. The van der Waals surface area contributed by atoms with Gasteiger partial charge in [0.15, 0.2) is 0 Å². The fourth-order valence-corrected chi connectivity index (χ4v) is 2.95. The summed E-state index contributed by atoms with van der Waals surface area (Å²) in [5, 5.41) is 6.20. The summed E-state index contributed by atoms with van der Waals surface area (Å²) in [5.41, 5.74) is 1.43. The van der Waals surface area contributed by atoms with Crippen LogP contribution < -0.4 is 10.6 Å². The predicted octanol–water partition coefficient (Wildman–Crippen LogP) is 2.49. The highest BCUT2D eigenvalue weighted by Crippen LogP contribution is 2.32. The topological polar surface area (TPSA) is 50.4 Å². The zero-order chi connectivity index (χ0) is 14.9. The van der Waals surface area contributed by atoms with Crippen molar-refractivity contribution >= 4 is 18.3 Å². The number of benzene rings is 1. The molecule has 0 saturated heterocycles. The summed E-state index contributed by atoms with van der Waals surface area (Å²) in [7, 11) is 1.66. The molecule has 1 saturated carbocycles. The lowest BCUT2D eigenvalue weighted by molar-refractivity contribution is -0.121. The molecule has 0 aromatic heterocycles. The molecule has 0 atom stereocenters. The molecule has 2 N–H and O–H groups in total. The summed E-state index contributed by atoms with van der Waals surface area (Å²) in [5.74, 6) is 0.744. The zero-order valence-corrected chi connectivity index (χ0v) is 14.0. The van der Waals surface area contributed by atoms with Gasteiger partial charge < -0.3 is 15.4 Å². The van der Waals surface area contributed by atoms with E-state index in [1.807, 2.05) is 0 Å². The van der Waals surface area contributed by atoms with Gasteiger partial charge in [0.25, 0.3) is 0 Å². The number of hydrogen-bond acceptors (Lipinski definition) is 3. The van der Waals surface area contributed by atoms with Gasteiger partial charge in [0.05, 0.1) is 13.2 Å². The molecule has 22 heavy (non-hydrogen) atoms. The Morgan fingerprint density at radius 2 is 1.86 bits per heavy atom. The Kier molecular flexibility index (Phi) is 9.13. The molecule has 2 rings (SSSR count). The van der Waals surface area contributed by atoms with Crippen LogP contribution in [0.2, 0.25) is 0 Å². The van der Waals surface area contributed by atoms with E-state index in [4.69, 9.17) is 4.74 Å². The molecule has 124 valence electrons. The first-order valence-electron chi connectivity index (χ1n) is 7.83. The fraction of sp³-hybridized carbons (Fsp3) is 0.588. The molecule has 0 bridgehead atoms. The van der Waals surface area contributed by atoms with Crippen LogP contribution in [0, 0.1) is 0 Å². The van der Waals surface area contributed by atoms with Crippen LogP contribution in [-0.4, -0.2) is 38.8 Å². The molecule has 0 heterocycles. The van der Waals surface area contributed by atoms with Gasteiger partial charge in [-0.1, -0.05) is 30.3 Å². The van der Waals surface area contributed by atoms with E-state index in [1.165, 1.54) is 5.56 Å². The zero-order valence-electron chi connectivity index (χ0n) is 13.2. The minimum absolute atomic E-state index is 0. The Balaban J connectivity index is 0.00000242. The van der Waals surface area contributed by atoms with E-state index in [-0.39, 0.29) is 18.3 Å². The number of nitrogens with one attached hydrogen (secondary N) is 2. The molecule has 4 nitrogen and oxygen atoms in total. The lowest BCUT2D eigenvalue weighted by Crippen LogP contribution is -2.42. The monoisotopic (exact) mass is 326 g/mol. The maximum atomic E-state index is 11.8. The Morgan fingerprint density at radius 3 is 2.50 bits per heavy atom. The van der Waals surface area contributed by atoms with Crippen LogP contribution in [0.3, 0.4) is 0 Å². The number of methoxy groups -OCH3 is 1. The summed E-state index contributed by atoms with van der Waals surface area (Å²) in [6.07, 6.45) is 4.46. The number of rotatable bonds is 7. The van der Waals surface area contributed by atoms with E-state index in [2.05, 4.69) is 41.0 Å². The number of hydrogen-bond donors (Lipinski definition) is 2. The SMILES string of the molecule is COCCNCC(=O)NC1CCC(c2ccccc2)CC1.Cl. The Morgan fingerprint density at radius 1 is 1.18 bits per heavy atom. The summed E-state index contributed by atoms with van der Waals surface area (Å²) in [6, 6.07) is 11.0. The van der Waals surface area contributed by atoms with Crippen molar-refractivity contribution in [3.05, 3.63) is 35.9 Å². The van der Waals surface area contributed by atoms with Crippen molar-refractivity contribution in [2.75, 3.05) is 26.8 Å². The van der Waals surface area contributed by atoms with Gasteiger partial charge in [-0.25, -0.2) is 0 Å². The smallest absolute Gasteiger partial charge is 0.234 e. The molecule has 0 radical (unpaired) electrons. The number of halogens is 1. The van der Waals surface area contributed by atoms with Crippen LogP contribution in [0.15, 0.2) is 30.3 Å². The third-order valence-electron chi connectivity index (χ3n) is 4.13. The van der Waals surface area contributed by atoms with Crippen molar-refractivity contribution in [2.45, 2.75) is 37.6 Å². The van der Waals surface area contributed by atoms with Gasteiger partial charge in [0.1, 0.15) is 0 Å². The number of ether oxygens (including phenoxy) is 1. The van der Waals surface area contributed by atoms with Crippen LogP contribution in [-0.2, 0) is 9.53 Å². The van der Waals surface area contributed by atoms with E-state index >= 15 is 0 Å². The van der Waals surface area contributed by atoms with E-state index in [1.54, 1.807) is 7.11 Å². The van der Waals surface area contributed by atoms with Crippen molar-refractivity contribution in [3.8, 4) is 0 Å². The first kappa shape index (κ1) is 18.9. The summed E-state index contributed by atoms with van der Waals surface area (Å²) in [4.78, 5) is 11.8. The average molecular weight is 327 g/mol. The highest BCUT2D eigenvalue weighted by molar-refractivity contribution is 5.85. The van der Waals surface area contributed by atoms with Crippen LogP contribution in [0.1, 0.15) is 37.2 Å². The van der Waals surface area contributed by atoms with Crippen LogP contribution >= 0.6 is 12.4 Å². The van der Waals surface area contributed by atoms with Gasteiger partial charge in [-0.05, 0) is 37.2 Å². The van der Waals surface area contributed by atoms with Gasteiger partial charge in [0.2, 0.25) is 5.91 Å². The largest absolute Gasteiger partial charge is 0.383 e. The van der Waals surface area contributed by atoms with Crippen LogP contribution in [0.5, 0.6) is 0 Å². The quantitative estimate of drug-likeness (QED) is 0.757. The third-order valence-corrected chi connectivity index (χ3v) is 4.13. The van der Waals surface area contributed by atoms with Gasteiger partial charge in [-0.15, -0.1) is 12.4 Å². The molecule has 1 amide bonds. The standard InChI is InChI=1S/C17H26N2O2.ClH/c1-21-12-11-18-13-17(20)19-16-9-7-15(8-10-16)14-5-3-2-4-6-14;/h2-6,15-16,18H,7-13H2,1H3,(H,19,20);1H. The van der Waals surface area contributed by atoms with Gasteiger partial charge in [-0.2, -0.15) is 0 Å². The van der Waals surface area contributed by atoms with E-state index in [0.717, 1.165) is 25.7 Å². The second kappa shape index (κ2) is 10.6. The first-order valence-corrected chi connectivity index (χ1v) is 7.83. The van der Waals surface area contributed by atoms with E-state index < -0.39 is 0 Å². The second-order valence-electron chi connectivity index (χ2n) is 5.70. The van der Waals surface area contributed by atoms with Crippen molar-refractivity contribution in [2.24, 2.45) is 0 Å². The molecule has 0 spiro atoms. The lowest BCUT2D eigenvalue weighted by Gasteiger charge is -2.29. The third kappa shape index (κ3) is 6.34. The molecule has 0 aliphatic heterocycles. The molecule has 5 heteroatoms. The van der Waals surface area contributed by atoms with Crippen molar-refractivity contribution in [1.29, 1.82) is 0 Å². The Labute approximate surface area is 139 Å². The number of amides is 1. The van der Waals surface area contributed by atoms with Crippen LogP contribution in [0.4, 0.5) is 0 Å². The van der Waals surface area contributed by atoms with Crippen molar-refractivity contribution in [3.63, 3.8) is 0 Å². The molecule has 1 aromatic carbocycles. The highest BCUT2D eigenvalue weighted by Gasteiger charge is 2.23. The molecular weight excluding hydrogens is 300 g/mol. The summed E-state index contributed by atoms with van der Waals surface area (Å²) < 4.78 is 4.93. The van der Waals surface area contributed by atoms with E-state index in [0.29, 0.717) is 31.7 Å². The second-order valence-corrected chi connectivity index (χ2v) is 5.70. The van der Waals surface area contributed by atoms with Gasteiger partial charge in [-0.3, -0.25) is 4.79 Å². The Hall–Kier alpha value is -1.10. The minimum atomic E-state index is 0. The van der Waals surface area contributed by atoms with Gasteiger partial charge >= 0.3 is 0 Å². The predicted molar refractivity (Wildman–Crippen MR) is 91.6 cm³/mol. The maximum absolute atomic E-state index is 11.8. The maximum Gasteiger partial charge on any atom is 0.234 e. The minimum Gasteiger partial charge on any atom is -0.383 e. The molecule has 1 aliphatic rings.